The number of hydrogen-bond donors (Lipinski definition) is 2. The molecule has 0 atom stereocenters. The molecule has 0 saturated heterocycles. The van der Waals surface area contributed by atoms with Gasteiger partial charge >= 0.3 is 0 Å². The van der Waals surface area contributed by atoms with Crippen molar-refractivity contribution in [1.82, 2.24) is 0 Å². The largest absolute Gasteiger partial charge is 0.366 e. The molecule has 0 spiro atoms. The quantitative estimate of drug-likeness (QED) is 0.429. The van der Waals surface area contributed by atoms with Crippen molar-refractivity contribution < 1.29 is 9.63 Å². The lowest BCUT2D eigenvalue weighted by Crippen LogP contribution is -2.10. The van der Waals surface area contributed by atoms with Gasteiger partial charge in [-0.2, -0.15) is 0 Å². The fourth-order valence-electron chi connectivity index (χ4n) is 0.923. The van der Waals surface area contributed by atoms with Crippen LogP contribution in [0.15, 0.2) is 29.2 Å². The lowest BCUT2D eigenvalue weighted by molar-refractivity contribution is 0.1000. The van der Waals surface area contributed by atoms with Crippen molar-refractivity contribution in [2.75, 3.05) is 12.4 Å². The van der Waals surface area contributed by atoms with E-state index in [1.54, 1.807) is 23.9 Å². The third-order valence-corrected chi connectivity index (χ3v) is 2.59. The van der Waals surface area contributed by atoms with E-state index in [1.165, 1.54) is 0 Å². The first-order valence-corrected chi connectivity index (χ1v) is 5.07. The highest BCUT2D eigenvalue weighted by atomic mass is 32.2. The fourth-order valence-corrected chi connectivity index (χ4v) is 1.67. The van der Waals surface area contributed by atoms with Crippen LogP contribution in [0.2, 0.25) is 0 Å². The molecule has 0 saturated carbocycles. The van der Waals surface area contributed by atoms with Gasteiger partial charge in [-0.1, -0.05) is 0 Å². The Labute approximate surface area is 86.6 Å². The highest BCUT2D eigenvalue weighted by molar-refractivity contribution is 7.99. The maximum atomic E-state index is 10.8. The maximum Gasteiger partial charge on any atom is 0.248 e. The number of carbonyl (C=O) groups is 1. The first kappa shape index (κ1) is 11.0. The van der Waals surface area contributed by atoms with Crippen LogP contribution in [0, 0.1) is 0 Å². The highest BCUT2D eigenvalue weighted by Crippen LogP contribution is 2.17. The second-order valence-electron chi connectivity index (χ2n) is 2.61. The minimum absolute atomic E-state index is 0.410. The molecular formula is C9H12N2O2S. The average Bonchev–Trinajstić information content (AvgIpc) is 2.19. The van der Waals surface area contributed by atoms with Gasteiger partial charge in [0.25, 0.3) is 0 Å². The van der Waals surface area contributed by atoms with Crippen molar-refractivity contribution in [2.24, 2.45) is 11.6 Å². The Morgan fingerprint density at radius 3 is 2.50 bits per heavy atom. The summed E-state index contributed by atoms with van der Waals surface area (Å²) in [6.45, 7) is 0.502. The molecule has 0 aliphatic heterocycles. The molecule has 0 aliphatic carbocycles. The summed E-state index contributed by atoms with van der Waals surface area (Å²) >= 11 is 1.61. The Kier molecular flexibility index (Phi) is 4.45. The average molecular weight is 212 g/mol. The zero-order valence-corrected chi connectivity index (χ0v) is 8.42. The topological polar surface area (TPSA) is 78.3 Å². The zero-order valence-electron chi connectivity index (χ0n) is 7.60. The van der Waals surface area contributed by atoms with Gasteiger partial charge in [0.2, 0.25) is 5.91 Å². The van der Waals surface area contributed by atoms with E-state index in [0.29, 0.717) is 12.2 Å². The van der Waals surface area contributed by atoms with Crippen LogP contribution < -0.4 is 11.6 Å². The van der Waals surface area contributed by atoms with Crippen LogP contribution in [0.25, 0.3) is 0 Å². The summed E-state index contributed by atoms with van der Waals surface area (Å²) in [4.78, 5) is 16.2. The van der Waals surface area contributed by atoms with Gasteiger partial charge in [-0.3, -0.25) is 4.79 Å². The molecule has 14 heavy (non-hydrogen) atoms. The molecule has 0 unspecified atom stereocenters. The van der Waals surface area contributed by atoms with Gasteiger partial charge in [0.15, 0.2) is 0 Å². The van der Waals surface area contributed by atoms with Crippen molar-refractivity contribution >= 4 is 17.7 Å². The summed E-state index contributed by atoms with van der Waals surface area (Å²) in [5, 5.41) is 0. The number of primary amides is 1. The second-order valence-corrected chi connectivity index (χ2v) is 3.78. The number of thioether (sulfide) groups is 1. The fraction of sp³-hybridized carbons (Fsp3) is 0.222. The van der Waals surface area contributed by atoms with Gasteiger partial charge in [0, 0.05) is 16.2 Å². The molecule has 0 aromatic heterocycles. The first-order chi connectivity index (χ1) is 6.74. The van der Waals surface area contributed by atoms with Crippen molar-refractivity contribution in [2.45, 2.75) is 4.90 Å². The van der Waals surface area contributed by atoms with E-state index in [2.05, 4.69) is 4.84 Å². The normalized spacial score (nSPS) is 10.1. The number of hydrogen-bond acceptors (Lipinski definition) is 4. The lowest BCUT2D eigenvalue weighted by Gasteiger charge is -2.01. The number of benzene rings is 1. The van der Waals surface area contributed by atoms with Crippen LogP contribution in [0.3, 0.4) is 0 Å². The highest BCUT2D eigenvalue weighted by Gasteiger charge is 1.99. The summed E-state index contributed by atoms with van der Waals surface area (Å²) < 4.78 is 0. The van der Waals surface area contributed by atoms with E-state index in [0.717, 1.165) is 10.6 Å². The van der Waals surface area contributed by atoms with Crippen LogP contribution in [0.4, 0.5) is 0 Å². The monoisotopic (exact) mass is 212 g/mol. The maximum absolute atomic E-state index is 10.8. The summed E-state index contributed by atoms with van der Waals surface area (Å²) in [6, 6.07) is 7.10. The van der Waals surface area contributed by atoms with E-state index in [-0.39, 0.29) is 0 Å². The molecule has 1 aromatic rings. The van der Waals surface area contributed by atoms with Crippen LogP contribution in [-0.2, 0) is 4.84 Å². The number of carbonyl (C=O) groups excluding carboxylic acids is 1. The van der Waals surface area contributed by atoms with E-state index >= 15 is 0 Å². The molecule has 4 N–H and O–H groups in total. The zero-order chi connectivity index (χ0) is 10.4. The molecule has 76 valence electrons. The molecule has 5 heteroatoms. The molecular weight excluding hydrogens is 200 g/mol. The third kappa shape index (κ3) is 3.37. The van der Waals surface area contributed by atoms with Crippen LogP contribution in [-0.4, -0.2) is 18.3 Å². The SMILES string of the molecule is NOCCSc1ccc(C(N)=O)cc1. The molecule has 0 heterocycles. The van der Waals surface area contributed by atoms with Gasteiger partial charge in [-0.05, 0) is 24.3 Å². The van der Waals surface area contributed by atoms with Gasteiger partial charge in [0.05, 0.1) is 6.61 Å². The summed E-state index contributed by atoms with van der Waals surface area (Å²) in [6.07, 6.45) is 0. The van der Waals surface area contributed by atoms with E-state index in [4.69, 9.17) is 11.6 Å². The first-order valence-electron chi connectivity index (χ1n) is 4.08. The van der Waals surface area contributed by atoms with E-state index < -0.39 is 5.91 Å². The van der Waals surface area contributed by atoms with Gasteiger partial charge in [-0.15, -0.1) is 11.8 Å². The molecule has 0 bridgehead atoms. The van der Waals surface area contributed by atoms with E-state index in [9.17, 15) is 4.79 Å². The van der Waals surface area contributed by atoms with Crippen molar-refractivity contribution in [3.8, 4) is 0 Å². The summed E-state index contributed by atoms with van der Waals surface area (Å²) in [5.41, 5.74) is 5.62. The third-order valence-electron chi connectivity index (χ3n) is 1.61. The molecule has 1 rings (SSSR count). The molecule has 0 aliphatic rings. The van der Waals surface area contributed by atoms with Crippen molar-refractivity contribution in [3.63, 3.8) is 0 Å². The molecule has 4 nitrogen and oxygen atoms in total. The predicted octanol–water partition coefficient (Wildman–Crippen LogP) is 0.768. The second kappa shape index (κ2) is 5.64. The molecule has 1 amide bonds. The van der Waals surface area contributed by atoms with Crippen molar-refractivity contribution in [1.29, 1.82) is 0 Å². The lowest BCUT2D eigenvalue weighted by atomic mass is 10.2. The molecule has 0 fully saturated rings. The number of amides is 1. The summed E-state index contributed by atoms with van der Waals surface area (Å²) in [7, 11) is 0. The van der Waals surface area contributed by atoms with Crippen molar-refractivity contribution in [3.05, 3.63) is 29.8 Å². The van der Waals surface area contributed by atoms with Crippen LogP contribution in [0.5, 0.6) is 0 Å². The molecule has 1 aromatic carbocycles. The van der Waals surface area contributed by atoms with Crippen LogP contribution in [0.1, 0.15) is 10.4 Å². The Bertz CT molecular complexity index is 300. The van der Waals surface area contributed by atoms with Crippen LogP contribution >= 0.6 is 11.8 Å². The van der Waals surface area contributed by atoms with Gasteiger partial charge in [0.1, 0.15) is 0 Å². The Balaban J connectivity index is 2.51. The Morgan fingerprint density at radius 2 is 2.00 bits per heavy atom. The Hall–Kier alpha value is -1.04. The standard InChI is InChI=1S/C9H12N2O2S/c10-9(12)7-1-3-8(4-2-7)14-6-5-13-11/h1-4H,5-6,11H2,(H2,10,12). The predicted molar refractivity (Wildman–Crippen MR) is 55.8 cm³/mol. The molecule has 0 radical (unpaired) electrons. The summed E-state index contributed by atoms with van der Waals surface area (Å²) in [5.74, 6) is 5.26. The van der Waals surface area contributed by atoms with E-state index in [1.807, 2.05) is 12.1 Å². The number of rotatable bonds is 5. The Morgan fingerprint density at radius 1 is 1.36 bits per heavy atom. The minimum atomic E-state index is -0.410. The minimum Gasteiger partial charge on any atom is -0.366 e. The van der Waals surface area contributed by atoms with Gasteiger partial charge in [-0.25, -0.2) is 5.90 Å². The smallest absolute Gasteiger partial charge is 0.248 e. The number of nitrogens with two attached hydrogens (primary N) is 2. The van der Waals surface area contributed by atoms with Gasteiger partial charge < -0.3 is 10.6 Å².